The molecule has 0 spiro atoms. The molecule has 40 heavy (non-hydrogen) atoms. The maximum absolute atomic E-state index is 13.2. The van der Waals surface area contributed by atoms with Crippen molar-refractivity contribution in [3.63, 3.8) is 0 Å². The number of carbonyl (C=O) groups excluding carboxylic acids is 1. The van der Waals surface area contributed by atoms with E-state index in [0.29, 0.717) is 13.0 Å². The highest BCUT2D eigenvalue weighted by Gasteiger charge is 2.50. The first-order valence-electron chi connectivity index (χ1n) is 15.4. The van der Waals surface area contributed by atoms with E-state index in [2.05, 4.69) is 58.2 Å². The lowest BCUT2D eigenvalue weighted by Gasteiger charge is -2.50. The Balaban J connectivity index is 1.96. The van der Waals surface area contributed by atoms with Crippen LogP contribution in [0.4, 0.5) is 0 Å². The van der Waals surface area contributed by atoms with Crippen molar-refractivity contribution in [2.24, 2.45) is 16.2 Å². The molecule has 1 unspecified atom stereocenters. The van der Waals surface area contributed by atoms with Gasteiger partial charge in [0.25, 0.3) is 0 Å². The Hall–Kier alpha value is -1.67. The number of esters is 1. The van der Waals surface area contributed by atoms with Gasteiger partial charge in [-0.05, 0) is 109 Å². The lowest BCUT2D eigenvalue weighted by molar-refractivity contribution is -0.285. The van der Waals surface area contributed by atoms with Gasteiger partial charge in [-0.3, -0.25) is 4.79 Å². The summed E-state index contributed by atoms with van der Waals surface area (Å²) in [7, 11) is 1.98. The molecule has 228 valence electrons. The zero-order chi connectivity index (χ0) is 29.6. The molecule has 2 aliphatic heterocycles. The van der Waals surface area contributed by atoms with Crippen molar-refractivity contribution in [3.8, 4) is 5.75 Å². The summed E-state index contributed by atoms with van der Waals surface area (Å²) < 4.78 is 26.1. The summed E-state index contributed by atoms with van der Waals surface area (Å²) in [5, 5.41) is 7.03. The van der Waals surface area contributed by atoms with Crippen molar-refractivity contribution < 1.29 is 23.7 Å². The second-order valence-corrected chi connectivity index (χ2v) is 14.0. The Morgan fingerprint density at radius 1 is 1.00 bits per heavy atom. The van der Waals surface area contributed by atoms with Crippen LogP contribution < -0.4 is 15.4 Å². The zero-order valence-electron chi connectivity index (χ0n) is 26.6. The van der Waals surface area contributed by atoms with Gasteiger partial charge in [0, 0.05) is 0 Å². The van der Waals surface area contributed by atoms with Crippen molar-refractivity contribution in [2.75, 3.05) is 26.7 Å². The number of cyclic esters (lactones) is 1. The fourth-order valence-corrected chi connectivity index (χ4v) is 6.91. The van der Waals surface area contributed by atoms with Crippen LogP contribution >= 0.6 is 0 Å². The first-order chi connectivity index (χ1) is 18.8. The average Bonchev–Trinajstić information content (AvgIpc) is 2.87. The molecule has 7 heteroatoms. The van der Waals surface area contributed by atoms with Crippen molar-refractivity contribution in [1.29, 1.82) is 0 Å². The molecule has 3 rings (SSSR count). The summed E-state index contributed by atoms with van der Waals surface area (Å²) in [6.07, 6.45) is 4.29. The quantitative estimate of drug-likeness (QED) is 0.426. The number of benzene rings is 1. The van der Waals surface area contributed by atoms with Crippen LogP contribution in [0.5, 0.6) is 5.75 Å². The molecular formula is C33H56N2O5. The predicted octanol–water partition coefficient (Wildman–Crippen LogP) is 6.03. The summed E-state index contributed by atoms with van der Waals surface area (Å²) in [5.41, 5.74) is -0.105. The number of likely N-dealkylation sites (N-methyl/N-ethyl adjacent to an activating group) is 1. The van der Waals surface area contributed by atoms with Gasteiger partial charge < -0.3 is 29.6 Å². The Bertz CT molecular complexity index is 947. The van der Waals surface area contributed by atoms with Crippen LogP contribution in [0.15, 0.2) is 24.3 Å². The minimum atomic E-state index is -0.648. The second kappa shape index (κ2) is 14.0. The lowest BCUT2D eigenvalue weighted by Crippen LogP contribution is -2.59. The minimum absolute atomic E-state index is 0.0169. The number of ether oxygens (including phenoxy) is 4. The third-order valence-corrected chi connectivity index (χ3v) is 8.64. The topological polar surface area (TPSA) is 78.0 Å². The highest BCUT2D eigenvalue weighted by Crippen LogP contribution is 2.47. The molecule has 2 heterocycles. The van der Waals surface area contributed by atoms with Gasteiger partial charge in [0.1, 0.15) is 5.75 Å². The number of rotatable bonds is 5. The SMILES string of the molecule is CN[C@H]1C[C@@H](C)O[C@@H](OC2C(C)(C)CCCNCCCCOC(=O)C(C)(C)CC2(C)C)[C@@H]1Oc1ccccc1C. The number of hydrogen-bond donors (Lipinski definition) is 2. The maximum atomic E-state index is 13.2. The first-order valence-corrected chi connectivity index (χ1v) is 15.4. The number of para-hydroxylation sites is 1. The van der Waals surface area contributed by atoms with Gasteiger partial charge in [0.2, 0.25) is 0 Å². The third-order valence-electron chi connectivity index (χ3n) is 8.64. The third kappa shape index (κ3) is 8.67. The Morgan fingerprint density at radius 2 is 1.70 bits per heavy atom. The number of hydrogen-bond acceptors (Lipinski definition) is 7. The van der Waals surface area contributed by atoms with Gasteiger partial charge in [-0.25, -0.2) is 0 Å². The molecule has 1 aromatic carbocycles. The normalized spacial score (nSPS) is 31.8. The van der Waals surface area contributed by atoms with Crippen molar-refractivity contribution in [3.05, 3.63) is 29.8 Å². The van der Waals surface area contributed by atoms with E-state index < -0.39 is 11.7 Å². The summed E-state index contributed by atoms with van der Waals surface area (Å²) in [6.45, 7) is 19.6. The van der Waals surface area contributed by atoms with E-state index in [1.807, 2.05) is 39.1 Å². The van der Waals surface area contributed by atoms with E-state index in [1.165, 1.54) is 0 Å². The Labute approximate surface area is 243 Å². The first kappa shape index (κ1) is 32.8. The zero-order valence-corrected chi connectivity index (χ0v) is 26.6. The predicted molar refractivity (Wildman–Crippen MR) is 161 cm³/mol. The van der Waals surface area contributed by atoms with E-state index in [0.717, 1.165) is 56.5 Å². The highest BCUT2D eigenvalue weighted by molar-refractivity contribution is 5.76. The summed E-state index contributed by atoms with van der Waals surface area (Å²) in [6, 6.07) is 8.16. The number of aryl methyl sites for hydroxylation is 1. The molecule has 0 radical (unpaired) electrons. The van der Waals surface area contributed by atoms with Crippen LogP contribution in [-0.4, -0.2) is 63.4 Å². The summed E-state index contributed by atoms with van der Waals surface area (Å²) >= 11 is 0. The Kier molecular flexibility index (Phi) is 11.5. The molecule has 2 N–H and O–H groups in total. The monoisotopic (exact) mass is 560 g/mol. The van der Waals surface area contributed by atoms with Gasteiger partial charge in [-0.15, -0.1) is 0 Å². The fourth-order valence-electron chi connectivity index (χ4n) is 6.91. The highest BCUT2D eigenvalue weighted by atomic mass is 16.7. The van der Waals surface area contributed by atoms with E-state index in [-0.39, 0.29) is 41.2 Å². The van der Waals surface area contributed by atoms with E-state index in [1.54, 1.807) is 0 Å². The average molecular weight is 561 g/mol. The molecule has 2 aliphatic rings. The molecule has 5 atom stereocenters. The minimum Gasteiger partial charge on any atom is -0.483 e. The molecular weight excluding hydrogens is 504 g/mol. The van der Waals surface area contributed by atoms with Crippen molar-refractivity contribution >= 4 is 5.97 Å². The van der Waals surface area contributed by atoms with Crippen molar-refractivity contribution in [1.82, 2.24) is 10.6 Å². The number of nitrogens with one attached hydrogen (secondary N) is 2. The molecule has 0 saturated carbocycles. The summed E-state index contributed by atoms with van der Waals surface area (Å²) in [4.78, 5) is 13.2. The molecule has 0 bridgehead atoms. The van der Waals surface area contributed by atoms with Gasteiger partial charge in [-0.2, -0.15) is 0 Å². The van der Waals surface area contributed by atoms with Crippen LogP contribution in [0, 0.1) is 23.2 Å². The van der Waals surface area contributed by atoms with Crippen LogP contribution in [0.3, 0.4) is 0 Å². The molecule has 2 saturated heterocycles. The van der Waals surface area contributed by atoms with Crippen LogP contribution in [0.25, 0.3) is 0 Å². The molecule has 0 aromatic heterocycles. The number of carbonyl (C=O) groups is 1. The molecule has 0 amide bonds. The van der Waals surface area contributed by atoms with Gasteiger partial charge in [-0.1, -0.05) is 45.9 Å². The largest absolute Gasteiger partial charge is 0.483 e. The van der Waals surface area contributed by atoms with E-state index in [9.17, 15) is 4.79 Å². The maximum Gasteiger partial charge on any atom is 0.311 e. The smallest absolute Gasteiger partial charge is 0.311 e. The van der Waals surface area contributed by atoms with Crippen LogP contribution in [0.2, 0.25) is 0 Å². The molecule has 1 aromatic rings. The fraction of sp³-hybridized carbons (Fsp3) is 0.788. The Morgan fingerprint density at radius 3 is 2.40 bits per heavy atom. The van der Waals surface area contributed by atoms with Gasteiger partial charge in [0.05, 0.1) is 30.3 Å². The van der Waals surface area contributed by atoms with E-state index in [4.69, 9.17) is 18.9 Å². The van der Waals surface area contributed by atoms with Gasteiger partial charge in [0.15, 0.2) is 12.4 Å². The van der Waals surface area contributed by atoms with Crippen LogP contribution in [0.1, 0.15) is 92.6 Å². The van der Waals surface area contributed by atoms with Crippen molar-refractivity contribution in [2.45, 2.75) is 125 Å². The van der Waals surface area contributed by atoms with E-state index >= 15 is 0 Å². The van der Waals surface area contributed by atoms with Gasteiger partial charge >= 0.3 is 5.97 Å². The standard InChI is InChI=1S/C33H56N2O5/c1-23-15-10-11-16-26(23)39-27-25(34-9)21-24(2)38-28(27)40-29-31(3,4)17-14-19-35-18-12-13-20-37-30(36)33(7,8)22-32(29,5)6/h10-11,15-16,24-25,27-29,34-35H,12-14,17-22H2,1-9H3/t24-,25+,27-,28+,29?/m1/s1. The lowest BCUT2D eigenvalue weighted by atomic mass is 9.64. The van der Waals surface area contributed by atoms with Crippen LogP contribution in [-0.2, 0) is 19.0 Å². The summed E-state index contributed by atoms with van der Waals surface area (Å²) in [5.74, 6) is 0.702. The molecule has 7 nitrogen and oxygen atoms in total. The molecule has 2 fully saturated rings. The second-order valence-electron chi connectivity index (χ2n) is 14.0. The molecule has 0 aliphatic carbocycles.